The fourth-order valence-corrected chi connectivity index (χ4v) is 13.2. The maximum atomic E-state index is 3.01. The van der Waals surface area contributed by atoms with Crippen LogP contribution in [0.5, 0.6) is 0 Å². The molecule has 1 spiro atoms. The van der Waals surface area contributed by atoms with Crippen LogP contribution in [0.15, 0.2) is 133 Å². The number of aryl methyl sites for hydroxylation is 1. The summed E-state index contributed by atoms with van der Waals surface area (Å²) in [7, 11) is 0. The zero-order valence-corrected chi connectivity index (χ0v) is 32.6. The maximum absolute atomic E-state index is 3.01. The van der Waals surface area contributed by atoms with Crippen LogP contribution in [0.2, 0.25) is 0 Å². The van der Waals surface area contributed by atoms with E-state index in [1.165, 1.54) is 133 Å². The average Bonchev–Trinajstić information content (AvgIpc) is 3.64. The summed E-state index contributed by atoms with van der Waals surface area (Å²) >= 11 is 0. The Hall–Kier alpha value is -5.54. The van der Waals surface area contributed by atoms with Gasteiger partial charge in [-0.2, -0.15) is 0 Å². The summed E-state index contributed by atoms with van der Waals surface area (Å²) in [5.74, 6) is 0. The third kappa shape index (κ3) is 3.43. The van der Waals surface area contributed by atoms with E-state index in [1.54, 1.807) is 5.56 Å². The lowest BCUT2D eigenvalue weighted by Gasteiger charge is -2.56. The van der Waals surface area contributed by atoms with E-state index in [1.807, 2.05) is 0 Å². The van der Waals surface area contributed by atoms with E-state index in [-0.39, 0.29) is 17.8 Å². The average molecular weight is 721 g/mol. The van der Waals surface area contributed by atoms with E-state index < -0.39 is 5.41 Å². The Labute approximate surface area is 330 Å². The van der Waals surface area contributed by atoms with Gasteiger partial charge in [0.15, 0.2) is 0 Å². The minimum Gasteiger partial charge on any atom is -0.400 e. The third-order valence-corrected chi connectivity index (χ3v) is 15.7. The highest BCUT2D eigenvalue weighted by Crippen LogP contribution is 2.67. The molecule has 0 saturated heterocycles. The minimum atomic E-state index is -0.434. The van der Waals surface area contributed by atoms with Crippen LogP contribution in [-0.4, -0.2) is 12.4 Å². The Balaban J connectivity index is 1.21. The molecule has 2 atom stereocenters. The van der Waals surface area contributed by atoms with Crippen LogP contribution < -0.4 is 20.6 Å². The van der Waals surface area contributed by atoms with Gasteiger partial charge in [0.05, 0.1) is 16.8 Å². The molecule has 56 heavy (non-hydrogen) atoms. The van der Waals surface area contributed by atoms with Crippen molar-refractivity contribution in [1.29, 1.82) is 0 Å². The molecule has 270 valence electrons. The molecule has 0 radical (unpaired) electrons. The van der Waals surface area contributed by atoms with Gasteiger partial charge in [0.1, 0.15) is 0 Å². The third-order valence-electron chi connectivity index (χ3n) is 15.7. The molecule has 0 amide bonds. The van der Waals surface area contributed by atoms with Gasteiger partial charge in [0, 0.05) is 33.3 Å². The first-order valence-electron chi connectivity index (χ1n) is 21.3. The number of nitrogens with zero attached hydrogens (tertiary/aromatic N) is 2. The smallest absolute Gasteiger partial charge is 0.328 e. The van der Waals surface area contributed by atoms with Crippen LogP contribution in [0.3, 0.4) is 0 Å². The predicted molar refractivity (Wildman–Crippen MR) is 235 cm³/mol. The molecule has 0 aromatic heterocycles. The normalized spacial score (nSPS) is 21.9. The lowest BCUT2D eigenvalue weighted by atomic mass is 9.41. The van der Waals surface area contributed by atoms with Crippen LogP contribution in [-0.2, 0) is 17.3 Å². The quantitative estimate of drug-likeness (QED) is 0.168. The molecule has 4 aliphatic heterocycles. The molecule has 1 fully saturated rings. The Morgan fingerprint density at radius 2 is 1.29 bits per heavy atom. The highest BCUT2D eigenvalue weighted by molar-refractivity contribution is 6.93. The standard InChI is InChI=1S/C53H45BN2/c1-4-5-17-33-30-39-38-32-34-18-6-7-19-35(34)49-47(38)54(56-48(39)44(31-33)51(2)28-14-15-29-52(51,56)3)45-26-16-25-43-50(45)55(49)46-27-13-12-24-42(46)53(43)40-22-10-8-20-36(40)37-21-9-11-23-41(37)53/h6-13,16,18-27,30-32H,4-5,14-15,17,28-29H2,1-3H3. The molecule has 3 heteroatoms. The summed E-state index contributed by atoms with van der Waals surface area (Å²) in [6.45, 7) is 7.72. The van der Waals surface area contributed by atoms with Gasteiger partial charge in [-0.25, -0.2) is 0 Å². The Bertz CT molecular complexity index is 2840. The second-order valence-corrected chi connectivity index (χ2v) is 18.1. The lowest BCUT2D eigenvalue weighted by Crippen LogP contribution is -2.71. The molecule has 0 bridgehead atoms. The van der Waals surface area contributed by atoms with E-state index in [4.69, 9.17) is 0 Å². The van der Waals surface area contributed by atoms with Crippen molar-refractivity contribution >= 4 is 51.3 Å². The number of unbranched alkanes of at least 4 members (excludes halogenated alkanes) is 1. The van der Waals surface area contributed by atoms with Crippen LogP contribution >= 0.6 is 0 Å². The number of para-hydroxylation sites is 2. The highest BCUT2D eigenvalue weighted by Gasteiger charge is 2.64. The van der Waals surface area contributed by atoms with Gasteiger partial charge in [0.25, 0.3) is 0 Å². The Morgan fingerprint density at radius 3 is 2.09 bits per heavy atom. The van der Waals surface area contributed by atoms with Gasteiger partial charge in [0.2, 0.25) is 0 Å². The van der Waals surface area contributed by atoms with E-state index in [0.29, 0.717) is 0 Å². The van der Waals surface area contributed by atoms with E-state index in [2.05, 4.69) is 164 Å². The van der Waals surface area contributed by atoms with Gasteiger partial charge in [-0.1, -0.05) is 148 Å². The number of anilines is 4. The van der Waals surface area contributed by atoms with E-state index in [9.17, 15) is 0 Å². The van der Waals surface area contributed by atoms with E-state index >= 15 is 0 Å². The monoisotopic (exact) mass is 720 g/mol. The first-order valence-corrected chi connectivity index (χ1v) is 21.3. The van der Waals surface area contributed by atoms with Crippen molar-refractivity contribution < 1.29 is 0 Å². The van der Waals surface area contributed by atoms with Crippen molar-refractivity contribution in [1.82, 2.24) is 0 Å². The second kappa shape index (κ2) is 10.6. The highest BCUT2D eigenvalue weighted by atomic mass is 15.2. The predicted octanol–water partition coefficient (Wildman–Crippen LogP) is 11.8. The topological polar surface area (TPSA) is 6.48 Å². The molecule has 2 aliphatic carbocycles. The maximum Gasteiger partial charge on any atom is 0.328 e. The molecule has 7 aromatic carbocycles. The molecule has 2 unspecified atom stereocenters. The minimum absolute atomic E-state index is 0.0152. The van der Waals surface area contributed by atoms with Gasteiger partial charge >= 0.3 is 6.85 Å². The van der Waals surface area contributed by atoms with Gasteiger partial charge in [-0.05, 0) is 117 Å². The summed E-state index contributed by atoms with van der Waals surface area (Å²) in [5, 5.41) is 2.67. The molecular formula is C53H45BN2. The molecule has 1 saturated carbocycles. The van der Waals surface area contributed by atoms with Crippen LogP contribution in [0.4, 0.5) is 22.7 Å². The van der Waals surface area contributed by atoms with E-state index in [0.717, 1.165) is 6.42 Å². The fourth-order valence-electron chi connectivity index (χ4n) is 13.2. The zero-order chi connectivity index (χ0) is 37.1. The molecule has 6 aliphatic rings. The molecule has 4 heterocycles. The molecule has 2 nitrogen and oxygen atoms in total. The first kappa shape index (κ1) is 31.6. The molecule has 13 rings (SSSR count). The van der Waals surface area contributed by atoms with Crippen molar-refractivity contribution in [3.05, 3.63) is 167 Å². The fraction of sp³-hybridized carbons (Fsp3) is 0.245. The summed E-state index contributed by atoms with van der Waals surface area (Å²) in [4.78, 5) is 5.75. The van der Waals surface area contributed by atoms with Crippen molar-refractivity contribution in [3.63, 3.8) is 0 Å². The molecular weight excluding hydrogens is 675 g/mol. The van der Waals surface area contributed by atoms with Crippen LogP contribution in [0, 0.1) is 0 Å². The largest absolute Gasteiger partial charge is 0.400 e. The molecule has 7 aromatic rings. The van der Waals surface area contributed by atoms with Crippen molar-refractivity contribution in [2.75, 3.05) is 9.71 Å². The second-order valence-electron chi connectivity index (χ2n) is 18.1. The Morgan fingerprint density at radius 1 is 0.589 bits per heavy atom. The SMILES string of the molecule is CCCCc1cc2c3c(c1)C1(C)CCCCC1(C)N3B1c3cccc4c3N(c3ccccc3C43c4ccccc4-c4ccccc43)c3c1c-2cc1ccccc31. The van der Waals surface area contributed by atoms with Crippen molar-refractivity contribution in [2.45, 2.75) is 82.1 Å². The summed E-state index contributed by atoms with van der Waals surface area (Å²) < 4.78 is 0. The summed E-state index contributed by atoms with van der Waals surface area (Å²) in [6, 6.07) is 52.4. The van der Waals surface area contributed by atoms with Crippen LogP contribution in [0.1, 0.15) is 92.7 Å². The summed E-state index contributed by atoms with van der Waals surface area (Å²) in [5.41, 5.74) is 22.4. The van der Waals surface area contributed by atoms with Crippen molar-refractivity contribution in [3.8, 4) is 22.3 Å². The first-order chi connectivity index (χ1) is 27.5. The Kier molecular flexibility index (Phi) is 6.02. The number of hydrogen-bond acceptors (Lipinski definition) is 2. The number of benzene rings is 7. The van der Waals surface area contributed by atoms with Gasteiger partial charge in [-0.3, -0.25) is 0 Å². The van der Waals surface area contributed by atoms with Gasteiger partial charge in [-0.15, -0.1) is 0 Å². The molecule has 0 N–H and O–H groups in total. The van der Waals surface area contributed by atoms with Crippen molar-refractivity contribution in [2.24, 2.45) is 0 Å². The number of rotatable bonds is 3. The lowest BCUT2D eigenvalue weighted by molar-refractivity contribution is 0.199. The number of hydrogen-bond donors (Lipinski definition) is 0. The van der Waals surface area contributed by atoms with Crippen LogP contribution in [0.25, 0.3) is 33.0 Å². The zero-order valence-electron chi connectivity index (χ0n) is 32.6. The summed E-state index contributed by atoms with van der Waals surface area (Å²) in [6.07, 6.45) is 8.61. The number of fused-ring (bicyclic) bond motifs is 18. The van der Waals surface area contributed by atoms with Gasteiger partial charge < -0.3 is 9.71 Å².